The van der Waals surface area contributed by atoms with Crippen molar-refractivity contribution in [1.29, 1.82) is 0 Å². The van der Waals surface area contributed by atoms with Crippen LogP contribution in [0, 0.1) is 17.8 Å². The summed E-state index contributed by atoms with van der Waals surface area (Å²) >= 11 is 6.29. The first-order valence-corrected chi connectivity index (χ1v) is 6.62. The van der Waals surface area contributed by atoms with Crippen LogP contribution < -0.4 is 5.32 Å². The third-order valence-electron chi connectivity index (χ3n) is 4.41. The van der Waals surface area contributed by atoms with Crippen molar-refractivity contribution in [2.45, 2.75) is 25.3 Å². The molecule has 3 unspecified atom stereocenters. The van der Waals surface area contributed by atoms with Crippen LogP contribution in [-0.2, 0) is 0 Å². The van der Waals surface area contributed by atoms with Crippen LogP contribution in [0.25, 0.3) is 0 Å². The number of benzene rings is 1. The number of halogens is 1. The molecule has 0 aromatic heterocycles. The van der Waals surface area contributed by atoms with Crippen molar-refractivity contribution in [3.05, 3.63) is 34.9 Å². The van der Waals surface area contributed by atoms with E-state index in [1.54, 1.807) is 0 Å². The van der Waals surface area contributed by atoms with Crippen molar-refractivity contribution in [1.82, 2.24) is 5.32 Å². The fourth-order valence-corrected chi connectivity index (χ4v) is 3.91. The SMILES string of the molecule is CNC(c1ccccc1Cl)C1C2CCCC21. The molecular weight excluding hydrogens is 218 g/mol. The van der Waals surface area contributed by atoms with E-state index in [0.717, 1.165) is 22.8 Å². The highest BCUT2D eigenvalue weighted by molar-refractivity contribution is 6.31. The second-order valence-electron chi connectivity index (χ2n) is 5.12. The maximum atomic E-state index is 6.29. The molecule has 0 saturated heterocycles. The van der Waals surface area contributed by atoms with Crippen molar-refractivity contribution >= 4 is 11.6 Å². The van der Waals surface area contributed by atoms with E-state index in [1.807, 2.05) is 12.1 Å². The number of hydrogen-bond donors (Lipinski definition) is 1. The van der Waals surface area contributed by atoms with Crippen LogP contribution >= 0.6 is 11.6 Å². The average Bonchev–Trinajstić information content (AvgIpc) is 2.76. The summed E-state index contributed by atoms with van der Waals surface area (Å²) in [5.74, 6) is 2.76. The monoisotopic (exact) mass is 235 g/mol. The lowest BCUT2D eigenvalue weighted by Gasteiger charge is -2.19. The molecule has 2 aliphatic carbocycles. The average molecular weight is 236 g/mol. The van der Waals surface area contributed by atoms with Crippen LogP contribution in [0.5, 0.6) is 0 Å². The van der Waals surface area contributed by atoms with E-state index >= 15 is 0 Å². The third-order valence-corrected chi connectivity index (χ3v) is 4.75. The van der Waals surface area contributed by atoms with Gasteiger partial charge in [-0.2, -0.15) is 0 Å². The van der Waals surface area contributed by atoms with Crippen LogP contribution in [-0.4, -0.2) is 7.05 Å². The van der Waals surface area contributed by atoms with Crippen molar-refractivity contribution in [2.75, 3.05) is 7.05 Å². The predicted octanol–water partition coefficient (Wildman–Crippen LogP) is 3.65. The molecule has 0 aliphatic heterocycles. The molecule has 2 saturated carbocycles. The highest BCUT2D eigenvalue weighted by Crippen LogP contribution is 2.62. The zero-order valence-electron chi connectivity index (χ0n) is 9.62. The van der Waals surface area contributed by atoms with Gasteiger partial charge in [-0.05, 0) is 49.3 Å². The van der Waals surface area contributed by atoms with Gasteiger partial charge in [0, 0.05) is 11.1 Å². The molecule has 86 valence electrons. The Morgan fingerprint density at radius 1 is 1.25 bits per heavy atom. The van der Waals surface area contributed by atoms with Gasteiger partial charge >= 0.3 is 0 Å². The van der Waals surface area contributed by atoms with Crippen molar-refractivity contribution < 1.29 is 0 Å². The molecule has 3 atom stereocenters. The third kappa shape index (κ3) is 1.57. The van der Waals surface area contributed by atoms with Crippen LogP contribution in [0.1, 0.15) is 30.9 Å². The number of rotatable bonds is 3. The molecule has 0 radical (unpaired) electrons. The zero-order chi connectivity index (χ0) is 11.1. The summed E-state index contributed by atoms with van der Waals surface area (Å²) in [6.07, 6.45) is 4.29. The van der Waals surface area contributed by atoms with Gasteiger partial charge in [-0.15, -0.1) is 0 Å². The lowest BCUT2D eigenvalue weighted by molar-refractivity contribution is 0.445. The smallest absolute Gasteiger partial charge is 0.0453 e. The minimum Gasteiger partial charge on any atom is -0.313 e. The topological polar surface area (TPSA) is 12.0 Å². The second kappa shape index (κ2) is 4.05. The molecule has 1 N–H and O–H groups in total. The molecule has 1 aromatic carbocycles. The Hall–Kier alpha value is -0.530. The van der Waals surface area contributed by atoms with Crippen LogP contribution in [0.2, 0.25) is 5.02 Å². The number of hydrogen-bond acceptors (Lipinski definition) is 1. The van der Waals surface area contributed by atoms with Gasteiger partial charge in [-0.3, -0.25) is 0 Å². The van der Waals surface area contributed by atoms with Gasteiger partial charge in [0.2, 0.25) is 0 Å². The van der Waals surface area contributed by atoms with Crippen LogP contribution in [0.4, 0.5) is 0 Å². The van der Waals surface area contributed by atoms with E-state index < -0.39 is 0 Å². The van der Waals surface area contributed by atoms with Gasteiger partial charge in [0.1, 0.15) is 0 Å². The van der Waals surface area contributed by atoms with E-state index in [9.17, 15) is 0 Å². The minimum atomic E-state index is 0.462. The standard InChI is InChI=1S/C14H18ClN/c1-16-14(11-5-2-3-8-12(11)15)13-9-6-4-7-10(9)13/h2-3,5,8-10,13-14,16H,4,6-7H2,1H3. The Labute approximate surface area is 102 Å². The Kier molecular flexibility index (Phi) is 2.68. The van der Waals surface area contributed by atoms with Crippen LogP contribution in [0.3, 0.4) is 0 Å². The number of fused-ring (bicyclic) bond motifs is 1. The molecule has 0 heterocycles. The molecule has 0 spiro atoms. The predicted molar refractivity (Wildman–Crippen MR) is 67.6 cm³/mol. The van der Waals surface area contributed by atoms with Gasteiger partial charge in [-0.1, -0.05) is 36.2 Å². The molecule has 16 heavy (non-hydrogen) atoms. The Balaban J connectivity index is 1.84. The fourth-order valence-electron chi connectivity index (χ4n) is 3.65. The van der Waals surface area contributed by atoms with E-state index in [2.05, 4.69) is 24.5 Å². The van der Waals surface area contributed by atoms with Crippen LogP contribution in [0.15, 0.2) is 24.3 Å². The maximum absolute atomic E-state index is 6.29. The molecular formula is C14H18ClN. The molecule has 2 fully saturated rings. The second-order valence-corrected chi connectivity index (χ2v) is 5.53. The molecule has 3 rings (SSSR count). The van der Waals surface area contributed by atoms with Gasteiger partial charge < -0.3 is 5.32 Å². The molecule has 0 amide bonds. The van der Waals surface area contributed by atoms with Crippen molar-refractivity contribution in [2.24, 2.45) is 17.8 Å². The van der Waals surface area contributed by atoms with E-state index in [-0.39, 0.29) is 0 Å². The Morgan fingerprint density at radius 2 is 1.94 bits per heavy atom. The van der Waals surface area contributed by atoms with Gasteiger partial charge in [0.05, 0.1) is 0 Å². The molecule has 2 heteroatoms. The minimum absolute atomic E-state index is 0.462. The van der Waals surface area contributed by atoms with Crippen molar-refractivity contribution in [3.63, 3.8) is 0 Å². The summed E-state index contributed by atoms with van der Waals surface area (Å²) in [6, 6.07) is 8.72. The molecule has 2 aliphatic rings. The zero-order valence-corrected chi connectivity index (χ0v) is 10.4. The molecule has 1 aromatic rings. The summed E-state index contributed by atoms with van der Waals surface area (Å²) in [6.45, 7) is 0. The highest BCUT2D eigenvalue weighted by atomic mass is 35.5. The summed E-state index contributed by atoms with van der Waals surface area (Å²) in [7, 11) is 2.06. The Bertz CT molecular complexity index is 380. The summed E-state index contributed by atoms with van der Waals surface area (Å²) in [4.78, 5) is 0. The first-order valence-electron chi connectivity index (χ1n) is 6.24. The van der Waals surface area contributed by atoms with E-state index in [1.165, 1.54) is 24.8 Å². The highest BCUT2D eigenvalue weighted by Gasteiger charge is 2.55. The number of nitrogens with one attached hydrogen (secondary N) is 1. The van der Waals surface area contributed by atoms with Gasteiger partial charge in [0.25, 0.3) is 0 Å². The molecule has 1 nitrogen and oxygen atoms in total. The van der Waals surface area contributed by atoms with Crippen molar-refractivity contribution in [3.8, 4) is 0 Å². The summed E-state index contributed by atoms with van der Waals surface area (Å²) in [5.41, 5.74) is 1.28. The van der Waals surface area contributed by atoms with E-state index in [4.69, 9.17) is 11.6 Å². The normalized spacial score (nSPS) is 33.5. The lowest BCUT2D eigenvalue weighted by Crippen LogP contribution is -2.20. The summed E-state index contributed by atoms with van der Waals surface area (Å²) < 4.78 is 0. The van der Waals surface area contributed by atoms with Gasteiger partial charge in [0.15, 0.2) is 0 Å². The Morgan fingerprint density at radius 3 is 2.56 bits per heavy atom. The molecule has 0 bridgehead atoms. The van der Waals surface area contributed by atoms with Gasteiger partial charge in [-0.25, -0.2) is 0 Å². The quantitative estimate of drug-likeness (QED) is 0.844. The lowest BCUT2D eigenvalue weighted by atomic mass is 9.97. The largest absolute Gasteiger partial charge is 0.313 e. The first kappa shape index (κ1) is 10.6. The van der Waals surface area contributed by atoms with E-state index in [0.29, 0.717) is 6.04 Å². The summed E-state index contributed by atoms with van der Waals surface area (Å²) in [5, 5.41) is 4.37. The maximum Gasteiger partial charge on any atom is 0.0453 e. The fraction of sp³-hybridized carbons (Fsp3) is 0.571. The first-order chi connectivity index (χ1) is 7.83.